The van der Waals surface area contributed by atoms with E-state index in [-0.39, 0.29) is 12.1 Å². The monoisotopic (exact) mass is 423 g/mol. The molecule has 3 aromatic rings. The van der Waals surface area contributed by atoms with Crippen molar-refractivity contribution in [2.75, 3.05) is 5.75 Å². The van der Waals surface area contributed by atoms with Crippen LogP contribution in [0.15, 0.2) is 64.1 Å². The molecule has 2 aromatic heterocycles. The number of thioether (sulfide) groups is 1. The zero-order valence-corrected chi connectivity index (χ0v) is 18.0. The highest BCUT2D eigenvalue weighted by Crippen LogP contribution is 2.49. The molecular weight excluding hydrogens is 402 g/mol. The Hall–Kier alpha value is -2.24. The molecule has 0 N–H and O–H groups in total. The van der Waals surface area contributed by atoms with Crippen LogP contribution in [-0.4, -0.2) is 26.8 Å². The van der Waals surface area contributed by atoms with Crippen molar-refractivity contribution >= 4 is 28.5 Å². The number of hydrogen-bond acceptors (Lipinski definition) is 5. The number of halogens is 1. The van der Waals surface area contributed by atoms with E-state index in [1.165, 1.54) is 0 Å². The highest BCUT2D eigenvalue weighted by Gasteiger charge is 2.46. The van der Waals surface area contributed by atoms with Crippen LogP contribution >= 0.6 is 23.4 Å². The number of aliphatic imine (C=N–C) groups is 1. The largest absolute Gasteiger partial charge is 0.459 e. The molecule has 0 amide bonds. The van der Waals surface area contributed by atoms with E-state index in [9.17, 15) is 0 Å². The van der Waals surface area contributed by atoms with E-state index in [0.717, 1.165) is 45.7 Å². The van der Waals surface area contributed by atoms with Crippen LogP contribution in [-0.2, 0) is 0 Å². The Morgan fingerprint density at radius 3 is 2.90 bits per heavy atom. The zero-order valence-electron chi connectivity index (χ0n) is 16.4. The Bertz CT molecular complexity index is 1060. The predicted octanol–water partition coefficient (Wildman–Crippen LogP) is 6.28. The molecule has 5 rings (SSSR count). The second-order valence-electron chi connectivity index (χ2n) is 7.50. The summed E-state index contributed by atoms with van der Waals surface area (Å²) in [7, 11) is 0. The maximum absolute atomic E-state index is 6.43. The molecule has 1 fully saturated rings. The number of nitrogens with zero attached hydrogens (tertiary/aromatic N) is 3. The lowest BCUT2D eigenvalue weighted by Gasteiger charge is -2.30. The van der Waals surface area contributed by atoms with Gasteiger partial charge in [-0.25, -0.2) is 4.99 Å². The number of aryl methyl sites for hydroxylation is 1. The fraction of sp³-hybridized carbons (Fsp3) is 0.304. The third-order valence-corrected chi connectivity index (χ3v) is 7.07. The third kappa shape index (κ3) is 3.26. The summed E-state index contributed by atoms with van der Waals surface area (Å²) in [6.45, 7) is 4.31. The van der Waals surface area contributed by atoms with Gasteiger partial charge in [-0.3, -0.25) is 4.98 Å². The van der Waals surface area contributed by atoms with Crippen molar-refractivity contribution in [1.82, 2.24) is 9.88 Å². The van der Waals surface area contributed by atoms with E-state index in [2.05, 4.69) is 35.9 Å². The van der Waals surface area contributed by atoms with E-state index in [0.29, 0.717) is 11.1 Å². The third-order valence-electron chi connectivity index (χ3n) is 5.71. The predicted molar refractivity (Wildman–Crippen MR) is 119 cm³/mol. The van der Waals surface area contributed by atoms with Crippen LogP contribution in [0.1, 0.15) is 42.4 Å². The molecule has 6 heteroatoms. The van der Waals surface area contributed by atoms with Gasteiger partial charge in [0.05, 0.1) is 5.69 Å². The Morgan fingerprint density at radius 2 is 2.10 bits per heavy atom. The van der Waals surface area contributed by atoms with Crippen LogP contribution in [0.5, 0.6) is 0 Å². The van der Waals surface area contributed by atoms with Gasteiger partial charge in [0.2, 0.25) is 0 Å². The molecule has 1 aromatic carbocycles. The van der Waals surface area contributed by atoms with Gasteiger partial charge in [-0.15, -0.1) is 0 Å². The van der Waals surface area contributed by atoms with Gasteiger partial charge in [0, 0.05) is 28.6 Å². The van der Waals surface area contributed by atoms with E-state index >= 15 is 0 Å². The Balaban J connectivity index is 1.57. The van der Waals surface area contributed by atoms with Gasteiger partial charge in [0.25, 0.3) is 0 Å². The molecule has 0 aliphatic carbocycles. The number of furan rings is 1. The summed E-state index contributed by atoms with van der Waals surface area (Å²) in [6.07, 6.45) is 2.92. The van der Waals surface area contributed by atoms with Crippen LogP contribution in [0.4, 0.5) is 0 Å². The molecule has 0 saturated carbocycles. The van der Waals surface area contributed by atoms with Gasteiger partial charge in [-0.2, -0.15) is 0 Å². The molecule has 4 heterocycles. The van der Waals surface area contributed by atoms with E-state index in [4.69, 9.17) is 21.0 Å². The summed E-state index contributed by atoms with van der Waals surface area (Å²) in [4.78, 5) is 12.1. The molecule has 0 radical (unpaired) electrons. The number of hydrogen-bond donors (Lipinski definition) is 0. The van der Waals surface area contributed by atoms with Gasteiger partial charge < -0.3 is 9.32 Å². The van der Waals surface area contributed by atoms with Crippen LogP contribution in [0.25, 0.3) is 11.3 Å². The number of rotatable bonds is 4. The fourth-order valence-electron chi connectivity index (χ4n) is 4.18. The number of amidine groups is 1. The molecular formula is C23H22ClN3OS. The average molecular weight is 424 g/mol. The SMILES string of the molecule is CC[C@H]1CSC2=N[C@H](c3ccccn3)[C@@H](c3ccc(-c4cc(Cl)ccc4C)o3)N21. The molecule has 2 aliphatic rings. The Morgan fingerprint density at radius 1 is 1.21 bits per heavy atom. The summed E-state index contributed by atoms with van der Waals surface area (Å²) in [5.74, 6) is 2.84. The van der Waals surface area contributed by atoms with Crippen LogP contribution in [0, 0.1) is 6.92 Å². The van der Waals surface area contributed by atoms with Crippen molar-refractivity contribution in [3.8, 4) is 11.3 Å². The zero-order chi connectivity index (χ0) is 20.0. The molecule has 29 heavy (non-hydrogen) atoms. The molecule has 0 spiro atoms. The minimum absolute atomic E-state index is 0.0214. The summed E-state index contributed by atoms with van der Waals surface area (Å²) in [6, 6.07) is 16.5. The van der Waals surface area contributed by atoms with Crippen molar-refractivity contribution in [3.63, 3.8) is 0 Å². The molecule has 0 unspecified atom stereocenters. The molecule has 0 bridgehead atoms. The summed E-state index contributed by atoms with van der Waals surface area (Å²) >= 11 is 8.07. The summed E-state index contributed by atoms with van der Waals surface area (Å²) in [5.41, 5.74) is 3.15. The molecule has 4 nitrogen and oxygen atoms in total. The normalized spacial score (nSPS) is 23.3. The Labute approximate surface area is 180 Å². The van der Waals surface area contributed by atoms with Crippen LogP contribution in [0.3, 0.4) is 0 Å². The van der Waals surface area contributed by atoms with Gasteiger partial charge in [-0.05, 0) is 55.3 Å². The standard InChI is InChI=1S/C23H22ClN3OS/c1-3-16-13-29-23-26-21(18-6-4-5-11-25-18)22(27(16)23)20-10-9-19(28-20)17-12-15(24)8-7-14(17)2/h4-12,16,21-22H,3,13H2,1-2H3/t16-,21+,22+/m0/s1. The number of benzene rings is 1. The lowest BCUT2D eigenvalue weighted by molar-refractivity contribution is 0.226. The van der Waals surface area contributed by atoms with Gasteiger partial charge in [0.1, 0.15) is 23.6 Å². The summed E-state index contributed by atoms with van der Waals surface area (Å²) < 4.78 is 6.43. The average Bonchev–Trinajstić information content (AvgIpc) is 3.45. The van der Waals surface area contributed by atoms with Crippen LogP contribution < -0.4 is 0 Å². The van der Waals surface area contributed by atoms with Gasteiger partial charge >= 0.3 is 0 Å². The highest BCUT2D eigenvalue weighted by atomic mass is 35.5. The maximum atomic E-state index is 6.43. The first-order valence-corrected chi connectivity index (χ1v) is 11.3. The molecule has 148 valence electrons. The molecule has 2 aliphatic heterocycles. The quantitative estimate of drug-likeness (QED) is 0.495. The second-order valence-corrected chi connectivity index (χ2v) is 8.92. The highest BCUT2D eigenvalue weighted by molar-refractivity contribution is 8.14. The topological polar surface area (TPSA) is 41.6 Å². The van der Waals surface area contributed by atoms with Crippen molar-refractivity contribution in [1.29, 1.82) is 0 Å². The second kappa shape index (κ2) is 7.54. The lowest BCUT2D eigenvalue weighted by Crippen LogP contribution is -2.35. The van der Waals surface area contributed by atoms with E-state index in [1.54, 1.807) is 0 Å². The van der Waals surface area contributed by atoms with Crippen molar-refractivity contribution < 1.29 is 4.42 Å². The van der Waals surface area contributed by atoms with Crippen molar-refractivity contribution in [2.45, 2.75) is 38.4 Å². The minimum atomic E-state index is -0.0625. The van der Waals surface area contributed by atoms with E-state index in [1.807, 2.05) is 54.4 Å². The molecule has 1 saturated heterocycles. The van der Waals surface area contributed by atoms with E-state index < -0.39 is 0 Å². The first-order valence-electron chi connectivity index (χ1n) is 9.92. The minimum Gasteiger partial charge on any atom is -0.459 e. The molecule has 3 atom stereocenters. The van der Waals surface area contributed by atoms with Crippen LogP contribution in [0.2, 0.25) is 5.02 Å². The first-order chi connectivity index (χ1) is 14.2. The first kappa shape index (κ1) is 18.8. The summed E-state index contributed by atoms with van der Waals surface area (Å²) in [5, 5.41) is 1.82. The van der Waals surface area contributed by atoms with Crippen molar-refractivity contribution in [2.24, 2.45) is 4.99 Å². The lowest BCUT2D eigenvalue weighted by atomic mass is 10.0. The van der Waals surface area contributed by atoms with Crippen molar-refractivity contribution in [3.05, 3.63) is 76.8 Å². The Kier molecular flexibility index (Phi) is 4.88. The van der Waals surface area contributed by atoms with Gasteiger partial charge in [-0.1, -0.05) is 42.4 Å². The smallest absolute Gasteiger partial charge is 0.161 e. The number of aromatic nitrogens is 1. The number of pyridine rings is 1. The maximum Gasteiger partial charge on any atom is 0.161 e. The number of fused-ring (bicyclic) bond motifs is 1. The fourth-order valence-corrected chi connectivity index (χ4v) is 5.69. The van der Waals surface area contributed by atoms with Gasteiger partial charge in [0.15, 0.2) is 5.17 Å².